The van der Waals surface area contributed by atoms with Crippen LogP contribution in [0.3, 0.4) is 0 Å². The number of rotatable bonds is 4. The van der Waals surface area contributed by atoms with Crippen molar-refractivity contribution in [2.24, 2.45) is 11.8 Å². The highest BCUT2D eigenvalue weighted by atomic mass is 16.4. The third-order valence-electron chi connectivity index (χ3n) is 4.07. The second-order valence-electron chi connectivity index (χ2n) is 5.61. The number of carboxylic acid groups (broad SMARTS) is 1. The van der Waals surface area contributed by atoms with Crippen LogP contribution >= 0.6 is 0 Å². The number of likely N-dealkylation sites (tertiary alicyclic amines) is 1. The summed E-state index contributed by atoms with van der Waals surface area (Å²) in [4.78, 5) is 27.1. The summed E-state index contributed by atoms with van der Waals surface area (Å²) >= 11 is 0. The predicted molar refractivity (Wildman–Crippen MR) is 79.8 cm³/mol. The average molecular weight is 290 g/mol. The molecule has 0 aromatic heterocycles. The number of carboxylic acids is 1. The average Bonchev–Trinajstić information content (AvgIpc) is 2.87. The molecule has 2 atom stereocenters. The highest BCUT2D eigenvalue weighted by Gasteiger charge is 2.38. The minimum Gasteiger partial charge on any atom is -0.481 e. The predicted octanol–water partition coefficient (Wildman–Crippen LogP) is 2.28. The maximum atomic E-state index is 12.6. The Labute approximate surface area is 125 Å². The van der Waals surface area contributed by atoms with Crippen molar-refractivity contribution in [1.29, 1.82) is 0 Å². The van der Waals surface area contributed by atoms with E-state index in [4.69, 9.17) is 5.11 Å². The van der Waals surface area contributed by atoms with Crippen molar-refractivity contribution in [1.82, 2.24) is 9.80 Å². The first-order chi connectivity index (χ1) is 10.0. The summed E-state index contributed by atoms with van der Waals surface area (Å²) in [6, 6.07) is 9.75. The molecule has 5 heteroatoms. The zero-order valence-corrected chi connectivity index (χ0v) is 12.5. The molecule has 1 heterocycles. The molecule has 0 spiro atoms. The summed E-state index contributed by atoms with van der Waals surface area (Å²) in [6.45, 7) is 5.81. The van der Waals surface area contributed by atoms with Gasteiger partial charge >= 0.3 is 12.0 Å². The van der Waals surface area contributed by atoms with E-state index in [0.29, 0.717) is 26.2 Å². The molecule has 1 aliphatic rings. The molecule has 114 valence electrons. The van der Waals surface area contributed by atoms with Crippen molar-refractivity contribution in [3.8, 4) is 0 Å². The van der Waals surface area contributed by atoms with Crippen LogP contribution in [-0.4, -0.2) is 46.5 Å². The molecule has 0 unspecified atom stereocenters. The first-order valence-corrected chi connectivity index (χ1v) is 7.33. The van der Waals surface area contributed by atoms with Gasteiger partial charge in [-0.25, -0.2) is 4.79 Å². The van der Waals surface area contributed by atoms with E-state index in [1.165, 1.54) is 0 Å². The van der Waals surface area contributed by atoms with Crippen LogP contribution < -0.4 is 0 Å². The second-order valence-corrected chi connectivity index (χ2v) is 5.61. The zero-order chi connectivity index (χ0) is 15.4. The third kappa shape index (κ3) is 3.54. The van der Waals surface area contributed by atoms with E-state index in [-0.39, 0.29) is 11.9 Å². The van der Waals surface area contributed by atoms with Gasteiger partial charge in [0.1, 0.15) is 0 Å². The molecule has 1 aromatic rings. The summed E-state index contributed by atoms with van der Waals surface area (Å²) in [5.41, 5.74) is 1.08. The first kappa shape index (κ1) is 15.4. The van der Waals surface area contributed by atoms with Gasteiger partial charge in [0.15, 0.2) is 0 Å². The van der Waals surface area contributed by atoms with Gasteiger partial charge in [0.25, 0.3) is 0 Å². The summed E-state index contributed by atoms with van der Waals surface area (Å²) in [5, 5.41) is 9.16. The smallest absolute Gasteiger partial charge is 0.320 e. The minimum absolute atomic E-state index is 0.00174. The van der Waals surface area contributed by atoms with Gasteiger partial charge in [-0.2, -0.15) is 0 Å². The molecular weight excluding hydrogens is 268 g/mol. The highest BCUT2D eigenvalue weighted by Crippen LogP contribution is 2.24. The van der Waals surface area contributed by atoms with Crippen molar-refractivity contribution < 1.29 is 14.7 Å². The first-order valence-electron chi connectivity index (χ1n) is 7.33. The van der Waals surface area contributed by atoms with E-state index < -0.39 is 11.9 Å². The number of nitrogens with zero attached hydrogens (tertiary/aromatic N) is 2. The molecule has 0 radical (unpaired) electrons. The van der Waals surface area contributed by atoms with Crippen LogP contribution in [0, 0.1) is 11.8 Å². The van der Waals surface area contributed by atoms with Crippen molar-refractivity contribution in [2.75, 3.05) is 19.6 Å². The Morgan fingerprint density at radius 2 is 1.95 bits per heavy atom. The lowest BCUT2D eigenvalue weighted by Crippen LogP contribution is -2.42. The van der Waals surface area contributed by atoms with Gasteiger partial charge in [0.2, 0.25) is 0 Å². The highest BCUT2D eigenvalue weighted by molar-refractivity contribution is 5.77. The Morgan fingerprint density at radius 1 is 1.29 bits per heavy atom. The molecule has 2 rings (SSSR count). The molecule has 1 fully saturated rings. The van der Waals surface area contributed by atoms with Gasteiger partial charge in [0.05, 0.1) is 5.92 Å². The molecule has 0 aliphatic carbocycles. The van der Waals surface area contributed by atoms with Crippen LogP contribution in [0.2, 0.25) is 0 Å². The summed E-state index contributed by atoms with van der Waals surface area (Å²) in [5.74, 6) is -1.27. The van der Waals surface area contributed by atoms with E-state index in [1.54, 1.807) is 9.80 Å². The SMILES string of the molecule is CCN(Cc1ccccc1)C(=O)N1C[C@@H](C)[C@H](C(=O)O)C1. The Morgan fingerprint density at radius 3 is 2.48 bits per heavy atom. The van der Waals surface area contributed by atoms with E-state index in [9.17, 15) is 9.59 Å². The maximum absolute atomic E-state index is 12.6. The summed E-state index contributed by atoms with van der Waals surface area (Å²) in [7, 11) is 0. The fourth-order valence-electron chi connectivity index (χ4n) is 2.76. The van der Waals surface area contributed by atoms with E-state index in [2.05, 4.69) is 0 Å². The molecule has 1 N–H and O–H groups in total. The van der Waals surface area contributed by atoms with E-state index in [1.807, 2.05) is 44.2 Å². The number of aliphatic carboxylic acids is 1. The number of urea groups is 1. The lowest BCUT2D eigenvalue weighted by Gasteiger charge is -2.27. The van der Waals surface area contributed by atoms with Crippen molar-refractivity contribution in [2.45, 2.75) is 20.4 Å². The summed E-state index contributed by atoms with van der Waals surface area (Å²) in [6.07, 6.45) is 0. The number of carbonyl (C=O) groups excluding carboxylic acids is 1. The van der Waals surface area contributed by atoms with Gasteiger partial charge in [-0.15, -0.1) is 0 Å². The zero-order valence-electron chi connectivity index (χ0n) is 12.5. The van der Waals surface area contributed by atoms with Crippen molar-refractivity contribution >= 4 is 12.0 Å². The Balaban J connectivity index is 2.02. The minimum atomic E-state index is -0.816. The number of amides is 2. The van der Waals surface area contributed by atoms with Gasteiger partial charge in [-0.1, -0.05) is 37.3 Å². The largest absolute Gasteiger partial charge is 0.481 e. The Kier molecular flexibility index (Phi) is 4.83. The number of hydrogen-bond donors (Lipinski definition) is 1. The van der Waals surface area contributed by atoms with Crippen LogP contribution in [0.1, 0.15) is 19.4 Å². The molecular formula is C16H22N2O3. The second kappa shape index (κ2) is 6.61. The molecule has 0 saturated carbocycles. The van der Waals surface area contributed by atoms with Gasteiger partial charge < -0.3 is 14.9 Å². The fraction of sp³-hybridized carbons (Fsp3) is 0.500. The molecule has 1 aromatic carbocycles. The Hall–Kier alpha value is -2.04. The van der Waals surface area contributed by atoms with Crippen molar-refractivity contribution in [3.63, 3.8) is 0 Å². The molecule has 0 bridgehead atoms. The quantitative estimate of drug-likeness (QED) is 0.925. The van der Waals surface area contributed by atoms with Crippen LogP contribution in [-0.2, 0) is 11.3 Å². The number of carbonyl (C=O) groups is 2. The normalized spacial score (nSPS) is 21.3. The van der Waals surface area contributed by atoms with Crippen LogP contribution in [0.4, 0.5) is 4.79 Å². The molecule has 1 aliphatic heterocycles. The molecule has 1 saturated heterocycles. The lowest BCUT2D eigenvalue weighted by molar-refractivity contribution is -0.142. The molecule has 5 nitrogen and oxygen atoms in total. The lowest BCUT2D eigenvalue weighted by atomic mass is 9.99. The topological polar surface area (TPSA) is 60.9 Å². The molecule has 21 heavy (non-hydrogen) atoms. The van der Waals surface area contributed by atoms with Gasteiger partial charge in [-0.3, -0.25) is 4.79 Å². The summed E-state index contributed by atoms with van der Waals surface area (Å²) < 4.78 is 0. The fourth-order valence-corrected chi connectivity index (χ4v) is 2.76. The Bertz CT molecular complexity index is 504. The number of hydrogen-bond acceptors (Lipinski definition) is 2. The number of benzene rings is 1. The van der Waals surface area contributed by atoms with Crippen LogP contribution in [0.15, 0.2) is 30.3 Å². The van der Waals surface area contributed by atoms with Gasteiger partial charge in [0, 0.05) is 26.2 Å². The van der Waals surface area contributed by atoms with Crippen molar-refractivity contribution in [3.05, 3.63) is 35.9 Å². The molecule has 2 amide bonds. The van der Waals surface area contributed by atoms with Crippen LogP contribution in [0.5, 0.6) is 0 Å². The third-order valence-corrected chi connectivity index (χ3v) is 4.07. The van der Waals surface area contributed by atoms with E-state index >= 15 is 0 Å². The maximum Gasteiger partial charge on any atom is 0.320 e. The van der Waals surface area contributed by atoms with Crippen LogP contribution in [0.25, 0.3) is 0 Å². The van der Waals surface area contributed by atoms with Gasteiger partial charge in [-0.05, 0) is 18.4 Å². The standard InChI is InChI=1S/C16H22N2O3/c1-3-17(10-13-7-5-4-6-8-13)16(21)18-9-12(2)14(11-18)15(19)20/h4-8,12,14H,3,9-11H2,1-2H3,(H,19,20)/t12-,14-/m1/s1. The van der Waals surface area contributed by atoms with E-state index in [0.717, 1.165) is 5.56 Å². The monoisotopic (exact) mass is 290 g/mol.